The van der Waals surface area contributed by atoms with Crippen LogP contribution in [0.4, 0.5) is 4.39 Å². The third kappa shape index (κ3) is 4.09. The summed E-state index contributed by atoms with van der Waals surface area (Å²) in [5.74, 6) is -1.60. The number of nitrogens with zero attached hydrogens (tertiary/aromatic N) is 1. The Labute approximate surface area is 136 Å². The minimum atomic E-state index is -3.62. The second-order valence-electron chi connectivity index (χ2n) is 6.66. The van der Waals surface area contributed by atoms with Crippen LogP contribution in [0.25, 0.3) is 0 Å². The Kier molecular flexibility index (Phi) is 5.10. The van der Waals surface area contributed by atoms with Crippen molar-refractivity contribution < 1.29 is 17.6 Å². The van der Waals surface area contributed by atoms with Gasteiger partial charge in [-0.3, -0.25) is 4.79 Å². The number of nitrogens with two attached hydrogens (primary N) is 1. The van der Waals surface area contributed by atoms with Gasteiger partial charge in [0.15, 0.2) is 9.84 Å². The number of benzene rings is 1. The van der Waals surface area contributed by atoms with Crippen LogP contribution >= 0.6 is 0 Å². The lowest BCUT2D eigenvalue weighted by molar-refractivity contribution is -0.133. The average molecular weight is 342 g/mol. The lowest BCUT2D eigenvalue weighted by atomic mass is 9.90. The van der Waals surface area contributed by atoms with Crippen LogP contribution in [0.5, 0.6) is 0 Å². The minimum absolute atomic E-state index is 0.0340. The molecule has 0 spiro atoms. The number of hydrogen-bond donors (Lipinski definition) is 1. The van der Waals surface area contributed by atoms with Crippen LogP contribution in [-0.4, -0.2) is 44.6 Å². The molecule has 128 valence electrons. The SMILES string of the molecule is CC(CS(=O)(=O)c1ccc(F)cc1)C(=O)N1CCC(C)(CN)C1. The molecule has 1 heterocycles. The molecule has 7 heteroatoms. The number of carbonyl (C=O) groups excluding carboxylic acids is 1. The molecule has 0 radical (unpaired) electrons. The number of sulfone groups is 1. The molecule has 1 fully saturated rings. The Balaban J connectivity index is 2.05. The van der Waals surface area contributed by atoms with E-state index in [0.717, 1.165) is 18.6 Å². The summed E-state index contributed by atoms with van der Waals surface area (Å²) in [6.07, 6.45) is 0.826. The molecule has 0 aliphatic carbocycles. The van der Waals surface area contributed by atoms with Crippen LogP contribution in [-0.2, 0) is 14.6 Å². The lowest BCUT2D eigenvalue weighted by Crippen LogP contribution is -2.38. The van der Waals surface area contributed by atoms with Crippen molar-refractivity contribution in [1.82, 2.24) is 4.90 Å². The highest BCUT2D eigenvalue weighted by atomic mass is 32.2. The number of rotatable bonds is 5. The zero-order valence-electron chi connectivity index (χ0n) is 13.5. The van der Waals surface area contributed by atoms with E-state index in [-0.39, 0.29) is 22.0 Å². The molecule has 5 nitrogen and oxygen atoms in total. The van der Waals surface area contributed by atoms with Gasteiger partial charge in [-0.15, -0.1) is 0 Å². The first-order chi connectivity index (χ1) is 10.7. The Morgan fingerprint density at radius 1 is 1.39 bits per heavy atom. The lowest BCUT2D eigenvalue weighted by Gasteiger charge is -2.24. The number of likely N-dealkylation sites (tertiary alicyclic amines) is 1. The first-order valence-corrected chi connectivity index (χ1v) is 9.29. The van der Waals surface area contributed by atoms with Crippen LogP contribution in [0.3, 0.4) is 0 Å². The number of amides is 1. The van der Waals surface area contributed by atoms with Gasteiger partial charge in [-0.05, 0) is 42.6 Å². The van der Waals surface area contributed by atoms with Gasteiger partial charge in [-0.1, -0.05) is 13.8 Å². The van der Waals surface area contributed by atoms with Crippen molar-refractivity contribution in [3.63, 3.8) is 0 Å². The first kappa shape index (κ1) is 17.9. The summed E-state index contributed by atoms with van der Waals surface area (Å²) in [7, 11) is -3.62. The molecule has 2 atom stereocenters. The van der Waals surface area contributed by atoms with Crippen molar-refractivity contribution in [2.45, 2.75) is 25.2 Å². The second kappa shape index (κ2) is 6.57. The van der Waals surface area contributed by atoms with E-state index in [1.165, 1.54) is 12.1 Å². The number of halogens is 1. The Hall–Kier alpha value is -1.47. The fourth-order valence-corrected chi connectivity index (χ4v) is 4.37. The quantitative estimate of drug-likeness (QED) is 0.821. The zero-order valence-corrected chi connectivity index (χ0v) is 14.3. The Bertz CT molecular complexity index is 675. The molecule has 2 N–H and O–H groups in total. The fraction of sp³-hybridized carbons (Fsp3) is 0.562. The highest BCUT2D eigenvalue weighted by Gasteiger charge is 2.37. The van der Waals surface area contributed by atoms with Gasteiger partial charge in [0, 0.05) is 19.0 Å². The summed E-state index contributed by atoms with van der Waals surface area (Å²) in [6, 6.07) is 4.66. The van der Waals surface area contributed by atoms with Gasteiger partial charge in [0.05, 0.1) is 10.6 Å². The standard InChI is InChI=1S/C16H23FN2O3S/c1-12(15(20)19-8-7-16(2,10-18)11-19)9-23(21,22)14-5-3-13(17)4-6-14/h3-6,12H,7-11,18H2,1-2H3. The molecule has 1 saturated heterocycles. The van der Waals surface area contributed by atoms with Gasteiger partial charge in [0.2, 0.25) is 5.91 Å². The maximum atomic E-state index is 12.9. The maximum absolute atomic E-state index is 12.9. The summed E-state index contributed by atoms with van der Waals surface area (Å²) < 4.78 is 37.6. The fourth-order valence-electron chi connectivity index (χ4n) is 2.83. The van der Waals surface area contributed by atoms with Crippen molar-refractivity contribution >= 4 is 15.7 Å². The van der Waals surface area contributed by atoms with Crippen molar-refractivity contribution in [1.29, 1.82) is 0 Å². The van der Waals surface area contributed by atoms with Crippen LogP contribution in [0, 0.1) is 17.2 Å². The topological polar surface area (TPSA) is 80.5 Å². The van der Waals surface area contributed by atoms with Gasteiger partial charge in [0.25, 0.3) is 0 Å². The second-order valence-corrected chi connectivity index (χ2v) is 8.70. The molecule has 1 aromatic rings. The summed E-state index contributed by atoms with van der Waals surface area (Å²) >= 11 is 0. The third-order valence-corrected chi connectivity index (χ3v) is 6.36. The highest BCUT2D eigenvalue weighted by Crippen LogP contribution is 2.29. The largest absolute Gasteiger partial charge is 0.342 e. The molecular formula is C16H23FN2O3S. The monoisotopic (exact) mass is 342 g/mol. The third-order valence-electron chi connectivity index (χ3n) is 4.43. The Morgan fingerprint density at radius 2 is 2.00 bits per heavy atom. The van der Waals surface area contributed by atoms with E-state index in [9.17, 15) is 17.6 Å². The number of hydrogen-bond acceptors (Lipinski definition) is 4. The van der Waals surface area contributed by atoms with E-state index in [2.05, 4.69) is 0 Å². The molecule has 1 aliphatic heterocycles. The van der Waals surface area contributed by atoms with Crippen LogP contribution in [0.15, 0.2) is 29.2 Å². The highest BCUT2D eigenvalue weighted by molar-refractivity contribution is 7.91. The summed E-state index contributed by atoms with van der Waals surface area (Å²) in [5.41, 5.74) is 5.64. The molecule has 0 saturated carbocycles. The van der Waals surface area contributed by atoms with E-state index in [4.69, 9.17) is 5.73 Å². The van der Waals surface area contributed by atoms with Gasteiger partial charge < -0.3 is 10.6 Å². The first-order valence-electron chi connectivity index (χ1n) is 7.64. The predicted octanol–water partition coefficient (Wildman–Crippen LogP) is 1.43. The van der Waals surface area contributed by atoms with Crippen molar-refractivity contribution in [2.24, 2.45) is 17.1 Å². The van der Waals surface area contributed by atoms with E-state index in [1.807, 2.05) is 6.92 Å². The summed E-state index contributed by atoms with van der Waals surface area (Å²) in [4.78, 5) is 14.2. The molecule has 0 aromatic heterocycles. The van der Waals surface area contributed by atoms with E-state index in [0.29, 0.717) is 19.6 Å². The van der Waals surface area contributed by atoms with Crippen molar-refractivity contribution in [3.8, 4) is 0 Å². The van der Waals surface area contributed by atoms with Crippen LogP contribution < -0.4 is 5.73 Å². The molecule has 0 bridgehead atoms. The van der Waals surface area contributed by atoms with Gasteiger partial charge >= 0.3 is 0 Å². The van der Waals surface area contributed by atoms with Crippen LogP contribution in [0.1, 0.15) is 20.3 Å². The Morgan fingerprint density at radius 3 is 2.52 bits per heavy atom. The average Bonchev–Trinajstić information content (AvgIpc) is 2.89. The van der Waals surface area contributed by atoms with Crippen molar-refractivity contribution in [3.05, 3.63) is 30.1 Å². The minimum Gasteiger partial charge on any atom is -0.342 e. The van der Waals surface area contributed by atoms with Crippen molar-refractivity contribution in [2.75, 3.05) is 25.4 Å². The molecule has 1 aliphatic rings. The van der Waals surface area contributed by atoms with Gasteiger partial charge in [-0.2, -0.15) is 0 Å². The molecule has 1 aromatic carbocycles. The van der Waals surface area contributed by atoms with E-state index >= 15 is 0 Å². The smallest absolute Gasteiger partial charge is 0.226 e. The summed E-state index contributed by atoms with van der Waals surface area (Å²) in [6.45, 7) is 5.30. The summed E-state index contributed by atoms with van der Waals surface area (Å²) in [5, 5.41) is 0. The zero-order chi connectivity index (χ0) is 17.3. The van der Waals surface area contributed by atoms with Crippen LogP contribution in [0.2, 0.25) is 0 Å². The van der Waals surface area contributed by atoms with E-state index < -0.39 is 21.6 Å². The molecule has 23 heavy (non-hydrogen) atoms. The normalized spacial score (nSPS) is 23.0. The van der Waals surface area contributed by atoms with E-state index in [1.54, 1.807) is 11.8 Å². The van der Waals surface area contributed by atoms with Gasteiger partial charge in [-0.25, -0.2) is 12.8 Å². The molecule has 1 amide bonds. The van der Waals surface area contributed by atoms with Gasteiger partial charge in [0.1, 0.15) is 5.82 Å². The number of carbonyl (C=O) groups is 1. The maximum Gasteiger partial charge on any atom is 0.226 e. The molecular weight excluding hydrogens is 319 g/mol. The predicted molar refractivity (Wildman–Crippen MR) is 86.0 cm³/mol. The molecule has 2 unspecified atom stereocenters. The molecule has 2 rings (SSSR count).